The molecule has 4 aromatic rings. The first-order chi connectivity index (χ1) is 23.1. The summed E-state index contributed by atoms with van der Waals surface area (Å²) < 4.78 is 88.2. The summed E-state index contributed by atoms with van der Waals surface area (Å²) >= 11 is 0. The summed E-state index contributed by atoms with van der Waals surface area (Å²) in [6.07, 6.45) is -3.01. The lowest BCUT2D eigenvalue weighted by molar-refractivity contribution is -0.00744. The number of benzene rings is 2. The number of anilines is 1. The summed E-state index contributed by atoms with van der Waals surface area (Å²) in [6, 6.07) is 4.20. The number of halogens is 5. The van der Waals surface area contributed by atoms with Crippen LogP contribution in [0.15, 0.2) is 24.3 Å². The van der Waals surface area contributed by atoms with Gasteiger partial charge in [0.05, 0.1) is 11.6 Å². The number of alkyl halides is 3. The molecule has 254 valence electrons. The SMILES string of the molecule is CC[C@@H]1CN2c3nc(OC[C@@]45CCCN4C[C@H](F)C5)nc4c(F)c(-c5cc(O)cc6ccc(F)c(C)c56)nc(c34)O[C@H](C(F)F)[C@@H]2CN1. The van der Waals surface area contributed by atoms with Gasteiger partial charge in [-0.25, -0.2) is 26.9 Å². The standard InChI is InChI=1S/C34H35F5N6O3/c1-3-19-14-45-23(12-40-19)29(30(38)39)48-32-25-28(42-33(43-31(25)45)47-15-34-7-4-8-44(34)13-18(35)11-34)26(37)27(41-32)21-10-20(46)9-17-5-6-22(36)16(2)24(17)21/h5-6,9-10,18-19,23,29-30,40,46H,3-4,7-8,11-15H2,1-2H3/t18-,19-,23+,29+,34+/m1/s1. The molecular formula is C34H35F5N6O3. The number of rotatable bonds is 6. The maximum atomic E-state index is 17.0. The van der Waals surface area contributed by atoms with Gasteiger partial charge in [-0.3, -0.25) is 4.90 Å². The van der Waals surface area contributed by atoms with Crippen LogP contribution in [-0.2, 0) is 0 Å². The van der Waals surface area contributed by atoms with Gasteiger partial charge in [0.1, 0.15) is 46.8 Å². The van der Waals surface area contributed by atoms with Crippen molar-refractivity contribution >= 4 is 27.5 Å². The second kappa shape index (κ2) is 11.5. The number of nitrogens with one attached hydrogen (secondary N) is 1. The molecule has 8 rings (SSSR count). The van der Waals surface area contributed by atoms with Crippen molar-refractivity contribution in [3.63, 3.8) is 0 Å². The Balaban J connectivity index is 1.35. The van der Waals surface area contributed by atoms with E-state index in [0.717, 1.165) is 19.4 Å². The highest BCUT2D eigenvalue weighted by Gasteiger charge is 2.50. The molecule has 2 aromatic heterocycles. The summed E-state index contributed by atoms with van der Waals surface area (Å²) in [7, 11) is 0. The van der Waals surface area contributed by atoms with Crippen molar-refractivity contribution in [2.75, 3.05) is 37.7 Å². The van der Waals surface area contributed by atoms with Gasteiger partial charge in [-0.15, -0.1) is 0 Å². The third-order valence-corrected chi connectivity index (χ3v) is 10.6. The van der Waals surface area contributed by atoms with Crippen LogP contribution in [0.4, 0.5) is 27.8 Å². The third kappa shape index (κ3) is 4.89. The van der Waals surface area contributed by atoms with E-state index < -0.39 is 41.9 Å². The molecule has 0 aliphatic carbocycles. The van der Waals surface area contributed by atoms with Crippen molar-refractivity contribution in [3.8, 4) is 28.9 Å². The lowest BCUT2D eigenvalue weighted by Gasteiger charge is -2.42. The molecule has 0 amide bonds. The van der Waals surface area contributed by atoms with Crippen LogP contribution in [0.3, 0.4) is 0 Å². The van der Waals surface area contributed by atoms with E-state index in [4.69, 9.17) is 14.5 Å². The van der Waals surface area contributed by atoms with Crippen molar-refractivity contribution in [3.05, 3.63) is 41.5 Å². The Kier molecular flexibility index (Phi) is 7.51. The van der Waals surface area contributed by atoms with Crippen LogP contribution >= 0.6 is 0 Å². The van der Waals surface area contributed by atoms with Crippen molar-refractivity contribution in [2.45, 2.75) is 75.9 Å². The van der Waals surface area contributed by atoms with Crippen LogP contribution in [0.25, 0.3) is 32.9 Å². The van der Waals surface area contributed by atoms with E-state index in [-0.39, 0.29) is 82.3 Å². The molecule has 5 atom stereocenters. The minimum absolute atomic E-state index is 0.00575. The van der Waals surface area contributed by atoms with Crippen LogP contribution in [0.2, 0.25) is 0 Å². The maximum absolute atomic E-state index is 17.0. The number of nitrogens with zero attached hydrogens (tertiary/aromatic N) is 5. The Hall–Kier alpha value is -4.04. The van der Waals surface area contributed by atoms with E-state index in [1.807, 2.05) is 6.92 Å². The molecule has 2 aromatic carbocycles. The Labute approximate surface area is 273 Å². The third-order valence-electron chi connectivity index (χ3n) is 10.6. The highest BCUT2D eigenvalue weighted by molar-refractivity contribution is 6.03. The minimum Gasteiger partial charge on any atom is -0.508 e. The summed E-state index contributed by atoms with van der Waals surface area (Å²) in [5.74, 6) is -1.89. The molecule has 9 nitrogen and oxygen atoms in total. The summed E-state index contributed by atoms with van der Waals surface area (Å²) in [5.41, 5.74) is -0.971. The Bertz CT molecular complexity index is 1930. The number of phenolic OH excluding ortho intramolecular Hbond substituents is 1. The largest absolute Gasteiger partial charge is 0.508 e. The molecule has 3 saturated heterocycles. The number of phenols is 1. The van der Waals surface area contributed by atoms with Crippen LogP contribution < -0.4 is 19.7 Å². The first-order valence-electron chi connectivity index (χ1n) is 16.4. The number of piperazine rings is 1. The monoisotopic (exact) mass is 670 g/mol. The number of aryl methyl sites for hydroxylation is 1. The van der Waals surface area contributed by atoms with Crippen molar-refractivity contribution in [2.24, 2.45) is 0 Å². The van der Waals surface area contributed by atoms with E-state index in [1.165, 1.54) is 31.2 Å². The Morgan fingerprint density at radius 3 is 2.77 bits per heavy atom. The van der Waals surface area contributed by atoms with E-state index in [2.05, 4.69) is 20.2 Å². The zero-order valence-corrected chi connectivity index (χ0v) is 26.4. The van der Waals surface area contributed by atoms with Crippen molar-refractivity contribution in [1.82, 2.24) is 25.2 Å². The van der Waals surface area contributed by atoms with Gasteiger partial charge in [0.2, 0.25) is 5.88 Å². The van der Waals surface area contributed by atoms with Gasteiger partial charge in [0.25, 0.3) is 6.43 Å². The van der Waals surface area contributed by atoms with Gasteiger partial charge in [0.15, 0.2) is 11.9 Å². The molecule has 3 fully saturated rings. The molecule has 0 spiro atoms. The predicted octanol–water partition coefficient (Wildman–Crippen LogP) is 5.68. The predicted molar refractivity (Wildman–Crippen MR) is 169 cm³/mol. The summed E-state index contributed by atoms with van der Waals surface area (Å²) in [5, 5.41) is 14.6. The zero-order valence-electron chi connectivity index (χ0n) is 26.4. The second-order valence-corrected chi connectivity index (χ2v) is 13.4. The lowest BCUT2D eigenvalue weighted by Crippen LogP contribution is -2.62. The topological polar surface area (TPSA) is 95.9 Å². The number of hydrogen-bond donors (Lipinski definition) is 2. The molecule has 4 aliphatic rings. The fourth-order valence-corrected chi connectivity index (χ4v) is 8.15. The molecule has 14 heteroatoms. The number of aromatic nitrogens is 3. The van der Waals surface area contributed by atoms with Gasteiger partial charge in [-0.05, 0) is 67.3 Å². The van der Waals surface area contributed by atoms with Gasteiger partial charge in [-0.1, -0.05) is 13.0 Å². The fourth-order valence-electron chi connectivity index (χ4n) is 8.15. The van der Waals surface area contributed by atoms with E-state index >= 15 is 4.39 Å². The molecule has 0 radical (unpaired) electrons. The second-order valence-electron chi connectivity index (χ2n) is 13.4. The number of hydrogen-bond acceptors (Lipinski definition) is 9. The zero-order chi connectivity index (χ0) is 33.5. The van der Waals surface area contributed by atoms with Crippen LogP contribution in [-0.4, -0.2) is 94.1 Å². The first-order valence-corrected chi connectivity index (χ1v) is 16.4. The Morgan fingerprint density at radius 2 is 1.98 bits per heavy atom. The lowest BCUT2D eigenvalue weighted by atomic mass is 9.95. The quantitative estimate of drug-likeness (QED) is 0.252. The van der Waals surface area contributed by atoms with Gasteiger partial charge in [0, 0.05) is 37.7 Å². The van der Waals surface area contributed by atoms with E-state index in [0.29, 0.717) is 24.8 Å². The van der Waals surface area contributed by atoms with Crippen LogP contribution in [0.1, 0.15) is 38.2 Å². The molecular weight excluding hydrogens is 635 g/mol. The van der Waals surface area contributed by atoms with Crippen LogP contribution in [0.5, 0.6) is 17.6 Å². The normalized spacial score (nSPS) is 27.0. The van der Waals surface area contributed by atoms with Gasteiger partial charge >= 0.3 is 6.01 Å². The highest BCUT2D eigenvalue weighted by Crippen LogP contribution is 2.45. The smallest absolute Gasteiger partial charge is 0.319 e. The van der Waals surface area contributed by atoms with Crippen molar-refractivity contribution in [1.29, 1.82) is 0 Å². The molecule has 48 heavy (non-hydrogen) atoms. The summed E-state index contributed by atoms with van der Waals surface area (Å²) in [4.78, 5) is 17.4. The van der Waals surface area contributed by atoms with Gasteiger partial charge in [-0.2, -0.15) is 9.97 Å². The highest BCUT2D eigenvalue weighted by atomic mass is 19.3. The van der Waals surface area contributed by atoms with Crippen LogP contribution in [0, 0.1) is 18.6 Å². The number of fused-ring (bicyclic) bond motifs is 4. The fraction of sp³-hybridized carbons (Fsp3) is 0.500. The van der Waals surface area contributed by atoms with E-state index in [9.17, 15) is 22.7 Å². The number of ether oxygens (including phenoxy) is 2. The average Bonchev–Trinajstić information content (AvgIpc) is 3.55. The molecule has 0 saturated carbocycles. The Morgan fingerprint density at radius 1 is 1.15 bits per heavy atom. The molecule has 6 heterocycles. The minimum atomic E-state index is -2.94. The maximum Gasteiger partial charge on any atom is 0.319 e. The van der Waals surface area contributed by atoms with Gasteiger partial charge < -0.3 is 24.8 Å². The van der Waals surface area contributed by atoms with Crippen molar-refractivity contribution < 1.29 is 36.5 Å². The molecule has 0 unspecified atom stereocenters. The molecule has 0 bridgehead atoms. The number of pyridine rings is 1. The molecule has 4 aliphatic heterocycles. The summed E-state index contributed by atoms with van der Waals surface area (Å²) in [6.45, 7) is 5.03. The first kappa shape index (κ1) is 31.2. The molecule has 2 N–H and O–H groups in total. The average molecular weight is 671 g/mol. The van der Waals surface area contributed by atoms with E-state index in [1.54, 1.807) is 4.90 Å². The number of aromatic hydroxyl groups is 1.